The van der Waals surface area contributed by atoms with Gasteiger partial charge in [-0.3, -0.25) is 4.79 Å². The average Bonchev–Trinajstić information content (AvgIpc) is 2.82. The van der Waals surface area contributed by atoms with Crippen molar-refractivity contribution in [3.63, 3.8) is 0 Å². The van der Waals surface area contributed by atoms with E-state index in [0.717, 1.165) is 52.4 Å². The Morgan fingerprint density at radius 2 is 2.03 bits per heavy atom. The number of benzene rings is 1. The van der Waals surface area contributed by atoms with Crippen molar-refractivity contribution in [3.05, 3.63) is 64.9 Å². The number of amides is 1. The fourth-order valence-electron chi connectivity index (χ4n) is 4.56. The number of allylic oxidation sites excluding steroid dienone is 3. The normalized spacial score (nSPS) is 17.1. The van der Waals surface area contributed by atoms with E-state index in [9.17, 15) is 4.79 Å². The summed E-state index contributed by atoms with van der Waals surface area (Å²) in [6.45, 7) is 15.9. The zero-order valence-electron chi connectivity index (χ0n) is 22.3. The Morgan fingerprint density at radius 1 is 1.31 bits per heavy atom. The SMILES string of the molecule is C=C(C(=O)NC1(CC)COC1)C1=C(N(C)C(/C=C\C)=C/C)c2cc(CC(C)C)c(OC)cc2OC1. The molecule has 35 heavy (non-hydrogen) atoms. The monoisotopic (exact) mass is 480 g/mol. The van der Waals surface area contributed by atoms with Gasteiger partial charge in [-0.15, -0.1) is 0 Å². The van der Waals surface area contributed by atoms with E-state index in [4.69, 9.17) is 14.2 Å². The second-order valence-corrected chi connectivity index (χ2v) is 9.71. The summed E-state index contributed by atoms with van der Waals surface area (Å²) in [6, 6.07) is 4.10. The standard InChI is InChI=1S/C29H40N2O4/c1-9-12-22(10-2)31(7)27-23-14-21(13-19(4)5)25(33-8)15-26(23)35-16-24(27)20(6)28(32)30-29(11-3)17-34-18-29/h9-10,12,14-15,19H,6,11,13,16-18H2,1-5,7-8H3,(H,30,32)/b12-9-,22-10+. The third kappa shape index (κ3) is 5.48. The molecule has 6 heteroatoms. The van der Waals surface area contributed by atoms with E-state index in [2.05, 4.69) is 55.8 Å². The maximum Gasteiger partial charge on any atom is 0.251 e. The van der Waals surface area contributed by atoms with Crippen LogP contribution in [0.3, 0.4) is 0 Å². The molecule has 1 aromatic carbocycles. The van der Waals surface area contributed by atoms with E-state index >= 15 is 0 Å². The van der Waals surface area contributed by atoms with Gasteiger partial charge in [-0.1, -0.05) is 39.5 Å². The fourth-order valence-corrected chi connectivity index (χ4v) is 4.56. The summed E-state index contributed by atoms with van der Waals surface area (Å²) in [6.07, 6.45) is 7.79. The second kappa shape index (κ2) is 11.2. The van der Waals surface area contributed by atoms with Gasteiger partial charge in [-0.05, 0) is 50.3 Å². The Labute approximate surface area is 210 Å². The van der Waals surface area contributed by atoms with Gasteiger partial charge in [0.1, 0.15) is 18.1 Å². The highest BCUT2D eigenvalue weighted by atomic mass is 16.5. The predicted octanol–water partition coefficient (Wildman–Crippen LogP) is 5.26. The molecule has 2 aliphatic heterocycles. The summed E-state index contributed by atoms with van der Waals surface area (Å²) in [5.41, 5.74) is 4.83. The van der Waals surface area contributed by atoms with Crippen LogP contribution in [-0.2, 0) is 16.0 Å². The van der Waals surface area contributed by atoms with E-state index in [1.807, 2.05) is 33.0 Å². The highest BCUT2D eigenvalue weighted by Crippen LogP contribution is 2.42. The molecular weight excluding hydrogens is 440 g/mol. The van der Waals surface area contributed by atoms with Crippen LogP contribution >= 0.6 is 0 Å². The number of nitrogens with zero attached hydrogens (tertiary/aromatic N) is 1. The van der Waals surface area contributed by atoms with Crippen molar-refractivity contribution < 1.29 is 19.0 Å². The van der Waals surface area contributed by atoms with Gasteiger partial charge in [0.05, 0.1) is 31.6 Å². The predicted molar refractivity (Wildman–Crippen MR) is 141 cm³/mol. The van der Waals surface area contributed by atoms with Gasteiger partial charge >= 0.3 is 0 Å². The van der Waals surface area contributed by atoms with Gasteiger partial charge in [0.15, 0.2) is 0 Å². The number of ether oxygens (including phenoxy) is 3. The van der Waals surface area contributed by atoms with Gasteiger partial charge < -0.3 is 24.4 Å². The molecule has 0 spiro atoms. The fraction of sp³-hybridized carbons (Fsp3) is 0.483. The second-order valence-electron chi connectivity index (χ2n) is 9.71. The molecule has 0 saturated carbocycles. The Bertz CT molecular complexity index is 1060. The molecule has 2 heterocycles. The molecular formula is C29H40N2O4. The molecule has 0 aromatic heterocycles. The quantitative estimate of drug-likeness (QED) is 0.366. The maximum absolute atomic E-state index is 13.3. The van der Waals surface area contributed by atoms with Crippen LogP contribution in [-0.4, -0.2) is 50.3 Å². The molecule has 0 radical (unpaired) electrons. The minimum Gasteiger partial charge on any atom is -0.496 e. The Morgan fingerprint density at radius 3 is 2.54 bits per heavy atom. The number of likely N-dealkylation sites (N-methyl/N-ethyl adjacent to an activating group) is 1. The molecule has 0 aliphatic carbocycles. The topological polar surface area (TPSA) is 60.0 Å². The number of fused-ring (bicyclic) bond motifs is 1. The summed E-state index contributed by atoms with van der Waals surface area (Å²) >= 11 is 0. The molecule has 0 atom stereocenters. The lowest BCUT2D eigenvalue weighted by Gasteiger charge is -2.42. The zero-order valence-corrected chi connectivity index (χ0v) is 22.3. The smallest absolute Gasteiger partial charge is 0.251 e. The molecule has 1 amide bonds. The summed E-state index contributed by atoms with van der Waals surface area (Å²) in [5, 5.41) is 3.16. The van der Waals surface area contributed by atoms with E-state index < -0.39 is 0 Å². The van der Waals surface area contributed by atoms with Crippen molar-refractivity contribution in [2.45, 2.75) is 53.0 Å². The first kappa shape index (κ1) is 26.6. The van der Waals surface area contributed by atoms with Gasteiger partial charge in [0, 0.05) is 35.5 Å². The first-order valence-electron chi connectivity index (χ1n) is 12.4. The Balaban J connectivity index is 2.15. The highest BCUT2D eigenvalue weighted by molar-refractivity contribution is 6.01. The highest BCUT2D eigenvalue weighted by Gasteiger charge is 2.39. The van der Waals surface area contributed by atoms with Gasteiger partial charge in [0.25, 0.3) is 5.91 Å². The third-order valence-corrected chi connectivity index (χ3v) is 6.73. The molecule has 190 valence electrons. The van der Waals surface area contributed by atoms with Gasteiger partial charge in [-0.25, -0.2) is 0 Å². The molecule has 2 aliphatic rings. The molecule has 0 bridgehead atoms. The lowest BCUT2D eigenvalue weighted by atomic mass is 9.90. The largest absolute Gasteiger partial charge is 0.496 e. The molecule has 3 rings (SSSR count). The van der Waals surface area contributed by atoms with Crippen LogP contribution in [0.5, 0.6) is 11.5 Å². The van der Waals surface area contributed by atoms with Crippen molar-refractivity contribution in [1.82, 2.24) is 10.2 Å². The van der Waals surface area contributed by atoms with Crippen LogP contribution < -0.4 is 14.8 Å². The summed E-state index contributed by atoms with van der Waals surface area (Å²) in [7, 11) is 3.71. The van der Waals surface area contributed by atoms with Gasteiger partial charge in [-0.2, -0.15) is 0 Å². The van der Waals surface area contributed by atoms with E-state index in [1.54, 1.807) is 7.11 Å². The van der Waals surface area contributed by atoms with Crippen molar-refractivity contribution in [2.24, 2.45) is 5.92 Å². The van der Waals surface area contributed by atoms with Crippen LogP contribution in [0.25, 0.3) is 5.70 Å². The lowest BCUT2D eigenvalue weighted by Crippen LogP contribution is -2.62. The first-order valence-corrected chi connectivity index (χ1v) is 12.4. The zero-order chi connectivity index (χ0) is 25.8. The van der Waals surface area contributed by atoms with Crippen LogP contribution in [0.4, 0.5) is 0 Å². The summed E-state index contributed by atoms with van der Waals surface area (Å²) < 4.78 is 17.3. The van der Waals surface area contributed by atoms with Crippen LogP contribution in [0.15, 0.2) is 53.8 Å². The average molecular weight is 481 g/mol. The minimum absolute atomic E-state index is 0.188. The molecule has 1 N–H and O–H groups in total. The number of methoxy groups -OCH3 is 1. The minimum atomic E-state index is -0.322. The van der Waals surface area contributed by atoms with Crippen molar-refractivity contribution in [2.75, 3.05) is 34.0 Å². The Hall–Kier alpha value is -2.99. The third-order valence-electron chi connectivity index (χ3n) is 6.73. The molecule has 6 nitrogen and oxygen atoms in total. The molecule has 0 unspecified atom stereocenters. The van der Waals surface area contributed by atoms with Crippen molar-refractivity contribution in [1.29, 1.82) is 0 Å². The van der Waals surface area contributed by atoms with Crippen molar-refractivity contribution >= 4 is 11.6 Å². The van der Waals surface area contributed by atoms with Crippen molar-refractivity contribution in [3.8, 4) is 11.5 Å². The number of nitrogens with one attached hydrogen (secondary N) is 1. The number of hydrogen-bond donors (Lipinski definition) is 1. The number of carbonyl (C=O) groups is 1. The first-order chi connectivity index (χ1) is 16.7. The molecule has 1 fully saturated rings. The maximum atomic E-state index is 13.3. The molecule has 1 aromatic rings. The van der Waals surface area contributed by atoms with E-state index in [-0.39, 0.29) is 18.1 Å². The van der Waals surface area contributed by atoms with E-state index in [1.165, 1.54) is 0 Å². The van der Waals surface area contributed by atoms with E-state index in [0.29, 0.717) is 24.7 Å². The van der Waals surface area contributed by atoms with Crippen LogP contribution in [0.2, 0.25) is 0 Å². The molecule has 1 saturated heterocycles. The van der Waals surface area contributed by atoms with Gasteiger partial charge in [0.2, 0.25) is 0 Å². The number of rotatable bonds is 10. The lowest BCUT2D eigenvalue weighted by molar-refractivity contribution is -0.129. The van der Waals surface area contributed by atoms with Crippen LogP contribution in [0.1, 0.15) is 52.2 Å². The number of hydrogen-bond acceptors (Lipinski definition) is 5. The summed E-state index contributed by atoms with van der Waals surface area (Å²) in [5.74, 6) is 1.82. The Kier molecular flexibility index (Phi) is 8.49. The summed E-state index contributed by atoms with van der Waals surface area (Å²) in [4.78, 5) is 15.5. The number of carbonyl (C=O) groups excluding carboxylic acids is 1. The van der Waals surface area contributed by atoms with Crippen LogP contribution in [0, 0.1) is 5.92 Å².